The van der Waals surface area contributed by atoms with E-state index in [1.54, 1.807) is 23.0 Å². The molecular weight excluding hydrogens is 435 g/mol. The number of aromatic amines is 1. The Kier molecular flexibility index (Phi) is 6.37. The van der Waals surface area contributed by atoms with Crippen LogP contribution in [-0.2, 0) is 0 Å². The monoisotopic (exact) mass is 462 g/mol. The number of hydrogen-bond donors (Lipinski definition) is 1. The van der Waals surface area contributed by atoms with E-state index in [0.29, 0.717) is 28.8 Å². The summed E-state index contributed by atoms with van der Waals surface area (Å²) in [4.78, 5) is 20.1. The number of halogens is 1. The van der Waals surface area contributed by atoms with Gasteiger partial charge < -0.3 is 19.5 Å². The average Bonchev–Trinajstić information content (AvgIpc) is 3.33. The van der Waals surface area contributed by atoms with E-state index in [1.165, 1.54) is 12.1 Å². The molecule has 34 heavy (non-hydrogen) atoms. The number of nitrogens with zero attached hydrogens (tertiary/aromatic N) is 5. The van der Waals surface area contributed by atoms with Crippen molar-refractivity contribution in [1.29, 1.82) is 0 Å². The quantitative estimate of drug-likeness (QED) is 0.426. The molecule has 0 radical (unpaired) electrons. The normalized spacial score (nSPS) is 15.1. The van der Waals surface area contributed by atoms with Crippen molar-refractivity contribution in [2.24, 2.45) is 0 Å². The molecule has 5 rings (SSSR count). The first-order valence-electron chi connectivity index (χ1n) is 11.4. The van der Waals surface area contributed by atoms with Gasteiger partial charge in [0.2, 0.25) is 0 Å². The molecule has 9 heteroatoms. The van der Waals surface area contributed by atoms with Crippen molar-refractivity contribution in [1.82, 2.24) is 29.8 Å². The summed E-state index contributed by atoms with van der Waals surface area (Å²) >= 11 is 0. The van der Waals surface area contributed by atoms with Gasteiger partial charge in [-0.05, 0) is 62.0 Å². The zero-order valence-corrected chi connectivity index (χ0v) is 19.1. The number of rotatable bonds is 7. The van der Waals surface area contributed by atoms with E-state index >= 15 is 0 Å². The first kappa shape index (κ1) is 22.2. The molecule has 0 saturated carbocycles. The van der Waals surface area contributed by atoms with Crippen molar-refractivity contribution < 1.29 is 9.13 Å². The Labute approximate surface area is 196 Å². The lowest BCUT2D eigenvalue weighted by Crippen LogP contribution is -2.44. The van der Waals surface area contributed by atoms with Crippen molar-refractivity contribution in [2.75, 3.05) is 46.4 Å². The van der Waals surface area contributed by atoms with Gasteiger partial charge in [-0.2, -0.15) is 0 Å². The second-order valence-corrected chi connectivity index (χ2v) is 8.63. The van der Waals surface area contributed by atoms with Crippen LogP contribution in [0.2, 0.25) is 0 Å². The van der Waals surface area contributed by atoms with Crippen LogP contribution in [0.25, 0.3) is 27.8 Å². The highest BCUT2D eigenvalue weighted by molar-refractivity contribution is 5.82. The van der Waals surface area contributed by atoms with Crippen molar-refractivity contribution in [3.8, 4) is 22.7 Å². The molecule has 4 aromatic rings. The minimum absolute atomic E-state index is 0.300. The third-order valence-electron chi connectivity index (χ3n) is 6.16. The van der Waals surface area contributed by atoms with Crippen molar-refractivity contribution >= 4 is 10.9 Å². The minimum Gasteiger partial charge on any atom is -0.494 e. The van der Waals surface area contributed by atoms with Gasteiger partial charge in [0, 0.05) is 43.6 Å². The highest BCUT2D eigenvalue weighted by Gasteiger charge is 2.13. The topological polar surface area (TPSA) is 79.3 Å². The summed E-state index contributed by atoms with van der Waals surface area (Å²) in [7, 11) is 2.16. The van der Waals surface area contributed by atoms with Crippen LogP contribution in [0, 0.1) is 5.82 Å². The first-order valence-corrected chi connectivity index (χ1v) is 11.4. The van der Waals surface area contributed by atoms with E-state index in [1.807, 2.05) is 24.3 Å². The summed E-state index contributed by atoms with van der Waals surface area (Å²) in [5.74, 6) is 0.436. The van der Waals surface area contributed by atoms with Crippen LogP contribution >= 0.6 is 0 Å². The SMILES string of the molecule is CN1CCN(CCCOc2ccc(-n3cc(-c4cc5cc(F)ccc5[nH]c4=O)nn3)cc2)CC1. The molecule has 1 N–H and O–H groups in total. The number of pyridine rings is 1. The number of hydrogen-bond acceptors (Lipinski definition) is 6. The molecule has 1 saturated heterocycles. The molecule has 2 aromatic carbocycles. The van der Waals surface area contributed by atoms with E-state index in [9.17, 15) is 9.18 Å². The molecule has 1 aliphatic heterocycles. The third-order valence-corrected chi connectivity index (χ3v) is 6.16. The fourth-order valence-electron chi connectivity index (χ4n) is 4.13. The van der Waals surface area contributed by atoms with Crippen LogP contribution in [0.1, 0.15) is 6.42 Å². The summed E-state index contributed by atoms with van der Waals surface area (Å²) in [6.45, 7) is 6.21. The van der Waals surface area contributed by atoms with Gasteiger partial charge in [0.1, 0.15) is 17.3 Å². The number of piperazine rings is 1. The molecule has 2 aromatic heterocycles. The van der Waals surface area contributed by atoms with Crippen LogP contribution < -0.4 is 10.3 Å². The summed E-state index contributed by atoms with van der Waals surface area (Å²) in [6.07, 6.45) is 2.67. The van der Waals surface area contributed by atoms with Gasteiger partial charge in [0.05, 0.1) is 24.1 Å². The molecule has 1 aliphatic rings. The van der Waals surface area contributed by atoms with E-state index in [4.69, 9.17) is 4.74 Å². The second-order valence-electron chi connectivity index (χ2n) is 8.63. The number of benzene rings is 2. The van der Waals surface area contributed by atoms with Crippen molar-refractivity contribution in [3.05, 3.63) is 70.9 Å². The molecule has 1 fully saturated rings. The fourth-order valence-corrected chi connectivity index (χ4v) is 4.13. The van der Waals surface area contributed by atoms with E-state index < -0.39 is 0 Å². The van der Waals surface area contributed by atoms with Crippen LogP contribution in [-0.4, -0.2) is 76.2 Å². The molecule has 3 heterocycles. The zero-order chi connectivity index (χ0) is 23.5. The predicted molar refractivity (Wildman–Crippen MR) is 129 cm³/mol. The summed E-state index contributed by atoms with van der Waals surface area (Å²) in [5.41, 5.74) is 1.82. The van der Waals surface area contributed by atoms with Gasteiger partial charge in [-0.1, -0.05) is 5.21 Å². The van der Waals surface area contributed by atoms with E-state index in [-0.39, 0.29) is 11.4 Å². The Morgan fingerprint density at radius 2 is 1.85 bits per heavy atom. The summed E-state index contributed by atoms with van der Waals surface area (Å²) < 4.78 is 21.1. The zero-order valence-electron chi connectivity index (χ0n) is 19.1. The molecule has 0 aliphatic carbocycles. The molecule has 0 amide bonds. The number of aromatic nitrogens is 4. The molecule has 0 bridgehead atoms. The smallest absolute Gasteiger partial charge is 0.258 e. The number of H-pyrrole nitrogens is 1. The summed E-state index contributed by atoms with van der Waals surface area (Å²) in [5, 5.41) is 8.89. The maximum absolute atomic E-state index is 13.6. The second kappa shape index (κ2) is 9.74. The highest BCUT2D eigenvalue weighted by atomic mass is 19.1. The number of likely N-dealkylation sites (N-methyl/N-ethyl adjacent to an activating group) is 1. The van der Waals surface area contributed by atoms with E-state index in [0.717, 1.165) is 50.6 Å². The molecule has 0 spiro atoms. The summed E-state index contributed by atoms with van der Waals surface area (Å²) in [6, 6.07) is 13.5. The lowest BCUT2D eigenvalue weighted by molar-refractivity contribution is 0.145. The molecule has 176 valence electrons. The van der Waals surface area contributed by atoms with Gasteiger partial charge in [-0.25, -0.2) is 9.07 Å². The highest BCUT2D eigenvalue weighted by Crippen LogP contribution is 2.20. The molecule has 0 atom stereocenters. The predicted octanol–water partition coefficient (Wildman–Crippen LogP) is 2.93. The fraction of sp³-hybridized carbons (Fsp3) is 0.320. The third kappa shape index (κ3) is 5.00. The number of ether oxygens (including phenoxy) is 1. The lowest BCUT2D eigenvalue weighted by atomic mass is 10.1. The van der Waals surface area contributed by atoms with Crippen LogP contribution in [0.5, 0.6) is 5.75 Å². The van der Waals surface area contributed by atoms with Crippen LogP contribution in [0.15, 0.2) is 59.5 Å². The number of nitrogens with one attached hydrogen (secondary N) is 1. The Hall–Kier alpha value is -3.56. The first-order chi connectivity index (χ1) is 16.5. The van der Waals surface area contributed by atoms with Crippen LogP contribution in [0.4, 0.5) is 4.39 Å². The van der Waals surface area contributed by atoms with Gasteiger partial charge in [0.25, 0.3) is 5.56 Å². The maximum atomic E-state index is 13.6. The number of fused-ring (bicyclic) bond motifs is 1. The Morgan fingerprint density at radius 1 is 1.06 bits per heavy atom. The maximum Gasteiger partial charge on any atom is 0.258 e. The average molecular weight is 463 g/mol. The van der Waals surface area contributed by atoms with Crippen molar-refractivity contribution in [2.45, 2.75) is 6.42 Å². The van der Waals surface area contributed by atoms with Gasteiger partial charge in [-0.3, -0.25) is 4.79 Å². The standard InChI is InChI=1S/C25H27FN6O2/c1-30-10-12-31(13-11-30)9-2-14-34-21-6-4-20(5-7-21)32-17-24(28-29-32)22-16-18-15-19(26)3-8-23(18)27-25(22)33/h3-8,15-17H,2,9-14H2,1H3,(H,27,33). The molecule has 0 unspecified atom stereocenters. The van der Waals surface area contributed by atoms with Crippen LogP contribution in [0.3, 0.4) is 0 Å². The van der Waals surface area contributed by atoms with Gasteiger partial charge >= 0.3 is 0 Å². The van der Waals surface area contributed by atoms with Gasteiger partial charge in [-0.15, -0.1) is 5.10 Å². The Balaban J connectivity index is 1.21. The van der Waals surface area contributed by atoms with Gasteiger partial charge in [0.15, 0.2) is 0 Å². The Bertz CT molecular complexity index is 1330. The lowest BCUT2D eigenvalue weighted by Gasteiger charge is -2.32. The van der Waals surface area contributed by atoms with Crippen molar-refractivity contribution in [3.63, 3.8) is 0 Å². The molecular formula is C25H27FN6O2. The largest absolute Gasteiger partial charge is 0.494 e. The minimum atomic E-state index is -0.365. The Morgan fingerprint density at radius 3 is 2.65 bits per heavy atom. The van der Waals surface area contributed by atoms with E-state index in [2.05, 4.69) is 32.1 Å². The molecule has 8 nitrogen and oxygen atoms in total.